The molecule has 0 atom stereocenters. The second kappa shape index (κ2) is 7.47. The summed E-state index contributed by atoms with van der Waals surface area (Å²) in [6, 6.07) is 11.4. The highest BCUT2D eigenvalue weighted by molar-refractivity contribution is 5.94. The lowest BCUT2D eigenvalue weighted by Crippen LogP contribution is -2.27. The van der Waals surface area contributed by atoms with Crippen molar-refractivity contribution in [3.05, 3.63) is 54.4 Å². The molecule has 0 spiro atoms. The maximum atomic E-state index is 11.9. The first-order valence-electron chi connectivity index (χ1n) is 6.60. The Balaban J connectivity index is 1.85. The van der Waals surface area contributed by atoms with Crippen LogP contribution < -0.4 is 11.1 Å². The quantitative estimate of drug-likeness (QED) is 0.744. The van der Waals surface area contributed by atoms with Gasteiger partial charge in [-0.15, -0.1) is 0 Å². The number of hydrogen-bond donors (Lipinski definition) is 2. The molecule has 20 heavy (non-hydrogen) atoms. The number of rotatable bonds is 7. The van der Waals surface area contributed by atoms with E-state index in [2.05, 4.69) is 5.32 Å². The van der Waals surface area contributed by atoms with Gasteiger partial charge in [-0.25, -0.2) is 0 Å². The van der Waals surface area contributed by atoms with Crippen LogP contribution in [0, 0.1) is 0 Å². The van der Waals surface area contributed by atoms with E-state index in [1.165, 1.54) is 0 Å². The smallest absolute Gasteiger partial charge is 0.251 e. The van der Waals surface area contributed by atoms with Crippen LogP contribution in [0.2, 0.25) is 0 Å². The van der Waals surface area contributed by atoms with Crippen molar-refractivity contribution in [3.8, 4) is 5.69 Å². The summed E-state index contributed by atoms with van der Waals surface area (Å²) in [6.07, 6.45) is 3.92. The average molecular weight is 273 g/mol. The third-order valence-corrected chi connectivity index (χ3v) is 2.83. The Kier molecular flexibility index (Phi) is 5.34. The number of aromatic nitrogens is 1. The maximum Gasteiger partial charge on any atom is 0.251 e. The van der Waals surface area contributed by atoms with Gasteiger partial charge in [0.05, 0.1) is 13.2 Å². The molecular weight excluding hydrogens is 254 g/mol. The Morgan fingerprint density at radius 2 is 1.85 bits per heavy atom. The first kappa shape index (κ1) is 14.3. The van der Waals surface area contributed by atoms with E-state index in [1.54, 1.807) is 0 Å². The van der Waals surface area contributed by atoms with E-state index in [0.29, 0.717) is 31.9 Å². The van der Waals surface area contributed by atoms with Gasteiger partial charge in [0.1, 0.15) is 0 Å². The van der Waals surface area contributed by atoms with Crippen LogP contribution in [0.25, 0.3) is 5.69 Å². The molecule has 106 valence electrons. The summed E-state index contributed by atoms with van der Waals surface area (Å²) in [5.41, 5.74) is 6.97. The van der Waals surface area contributed by atoms with E-state index in [9.17, 15) is 4.79 Å². The predicted molar refractivity (Wildman–Crippen MR) is 78.0 cm³/mol. The molecule has 1 heterocycles. The monoisotopic (exact) mass is 273 g/mol. The lowest BCUT2D eigenvalue weighted by Gasteiger charge is -2.07. The number of benzene rings is 1. The normalized spacial score (nSPS) is 10.4. The van der Waals surface area contributed by atoms with Gasteiger partial charge in [-0.2, -0.15) is 0 Å². The highest BCUT2D eigenvalue weighted by Crippen LogP contribution is 2.09. The van der Waals surface area contributed by atoms with Gasteiger partial charge in [-0.05, 0) is 36.4 Å². The van der Waals surface area contributed by atoms with Crippen molar-refractivity contribution in [1.29, 1.82) is 0 Å². The van der Waals surface area contributed by atoms with Gasteiger partial charge >= 0.3 is 0 Å². The van der Waals surface area contributed by atoms with Crippen LogP contribution in [0.1, 0.15) is 10.4 Å². The Bertz CT molecular complexity index is 521. The van der Waals surface area contributed by atoms with Crippen LogP contribution in [0.3, 0.4) is 0 Å². The summed E-state index contributed by atoms with van der Waals surface area (Å²) in [4.78, 5) is 11.9. The summed E-state index contributed by atoms with van der Waals surface area (Å²) in [6.45, 7) is 1.97. The van der Waals surface area contributed by atoms with E-state index in [0.717, 1.165) is 5.69 Å². The van der Waals surface area contributed by atoms with Crippen molar-refractivity contribution >= 4 is 5.91 Å². The van der Waals surface area contributed by atoms with Crippen molar-refractivity contribution in [3.63, 3.8) is 0 Å². The molecule has 0 bridgehead atoms. The van der Waals surface area contributed by atoms with E-state index >= 15 is 0 Å². The topological polar surface area (TPSA) is 69.3 Å². The first-order valence-corrected chi connectivity index (χ1v) is 6.60. The standard InChI is InChI=1S/C15H19N3O2/c16-7-11-20-12-8-17-15(19)13-3-5-14(6-4-13)18-9-1-2-10-18/h1-6,9-10H,7-8,11-12,16H2,(H,17,19). The maximum absolute atomic E-state index is 11.9. The zero-order valence-electron chi connectivity index (χ0n) is 11.3. The second-order valence-electron chi connectivity index (χ2n) is 4.29. The predicted octanol–water partition coefficient (Wildman–Crippen LogP) is 1.18. The van der Waals surface area contributed by atoms with Gasteiger partial charge in [-0.3, -0.25) is 4.79 Å². The summed E-state index contributed by atoms with van der Waals surface area (Å²) in [5.74, 6) is -0.0968. The van der Waals surface area contributed by atoms with Crippen molar-refractivity contribution in [2.45, 2.75) is 0 Å². The molecule has 3 N–H and O–H groups in total. The van der Waals surface area contributed by atoms with Crippen molar-refractivity contribution < 1.29 is 9.53 Å². The van der Waals surface area contributed by atoms with E-state index in [4.69, 9.17) is 10.5 Å². The number of nitrogens with two attached hydrogens (primary N) is 1. The molecular formula is C15H19N3O2. The molecule has 5 nitrogen and oxygen atoms in total. The van der Waals surface area contributed by atoms with Crippen LogP contribution in [-0.2, 0) is 4.74 Å². The van der Waals surface area contributed by atoms with E-state index < -0.39 is 0 Å². The van der Waals surface area contributed by atoms with Crippen LogP contribution in [0.15, 0.2) is 48.8 Å². The highest BCUT2D eigenvalue weighted by Gasteiger charge is 2.04. The molecule has 5 heteroatoms. The van der Waals surface area contributed by atoms with Crippen molar-refractivity contribution in [2.75, 3.05) is 26.3 Å². The summed E-state index contributed by atoms with van der Waals surface area (Å²) in [7, 11) is 0. The van der Waals surface area contributed by atoms with Gasteiger partial charge in [-0.1, -0.05) is 0 Å². The second-order valence-corrected chi connectivity index (χ2v) is 4.29. The first-order chi connectivity index (χ1) is 9.81. The zero-order chi connectivity index (χ0) is 14.2. The highest BCUT2D eigenvalue weighted by atomic mass is 16.5. The number of amides is 1. The minimum atomic E-state index is -0.0968. The summed E-state index contributed by atoms with van der Waals surface area (Å²) >= 11 is 0. The molecule has 0 unspecified atom stereocenters. The fourth-order valence-electron chi connectivity index (χ4n) is 1.82. The molecule has 0 saturated heterocycles. The molecule has 2 rings (SSSR count). The fraction of sp³-hybridized carbons (Fsp3) is 0.267. The largest absolute Gasteiger partial charge is 0.378 e. The number of nitrogens with zero attached hydrogens (tertiary/aromatic N) is 1. The molecule has 0 fully saturated rings. The molecule has 2 aromatic rings. The van der Waals surface area contributed by atoms with Crippen molar-refractivity contribution in [1.82, 2.24) is 9.88 Å². The third kappa shape index (κ3) is 3.94. The Labute approximate surface area is 118 Å². The Hall–Kier alpha value is -2.11. The molecule has 0 saturated carbocycles. The van der Waals surface area contributed by atoms with Gasteiger partial charge in [0.25, 0.3) is 5.91 Å². The number of carbonyl (C=O) groups excluding carboxylic acids is 1. The van der Waals surface area contributed by atoms with Gasteiger partial charge in [0.15, 0.2) is 0 Å². The summed E-state index contributed by atoms with van der Waals surface area (Å²) in [5, 5.41) is 2.80. The molecule has 1 aromatic heterocycles. The Morgan fingerprint density at radius 3 is 2.50 bits per heavy atom. The lowest BCUT2D eigenvalue weighted by molar-refractivity contribution is 0.0920. The molecule has 0 aliphatic carbocycles. The van der Waals surface area contributed by atoms with Crippen LogP contribution in [0.4, 0.5) is 0 Å². The van der Waals surface area contributed by atoms with Gasteiger partial charge in [0, 0.05) is 36.7 Å². The zero-order valence-corrected chi connectivity index (χ0v) is 11.3. The third-order valence-electron chi connectivity index (χ3n) is 2.83. The van der Waals surface area contributed by atoms with E-state index in [1.807, 2.05) is 53.4 Å². The number of carbonyl (C=O) groups is 1. The minimum Gasteiger partial charge on any atom is -0.378 e. The summed E-state index contributed by atoms with van der Waals surface area (Å²) < 4.78 is 7.18. The Morgan fingerprint density at radius 1 is 1.15 bits per heavy atom. The van der Waals surface area contributed by atoms with Crippen LogP contribution >= 0.6 is 0 Å². The molecule has 0 aliphatic rings. The van der Waals surface area contributed by atoms with Gasteiger partial charge < -0.3 is 20.4 Å². The van der Waals surface area contributed by atoms with E-state index in [-0.39, 0.29) is 5.91 Å². The lowest BCUT2D eigenvalue weighted by atomic mass is 10.2. The molecule has 0 radical (unpaired) electrons. The van der Waals surface area contributed by atoms with Crippen LogP contribution in [0.5, 0.6) is 0 Å². The number of nitrogens with one attached hydrogen (secondary N) is 1. The molecule has 1 amide bonds. The molecule has 1 aromatic carbocycles. The van der Waals surface area contributed by atoms with Gasteiger partial charge in [0.2, 0.25) is 0 Å². The average Bonchev–Trinajstić information content (AvgIpc) is 3.01. The minimum absolute atomic E-state index is 0.0968. The fourth-order valence-corrected chi connectivity index (χ4v) is 1.82. The SMILES string of the molecule is NCCOCCNC(=O)c1ccc(-n2cccc2)cc1. The number of hydrogen-bond acceptors (Lipinski definition) is 3. The van der Waals surface area contributed by atoms with Crippen molar-refractivity contribution in [2.24, 2.45) is 5.73 Å². The molecule has 0 aliphatic heterocycles. The van der Waals surface area contributed by atoms with Crippen LogP contribution in [-0.4, -0.2) is 36.8 Å². The number of ether oxygens (including phenoxy) is 1.